The van der Waals surface area contributed by atoms with Crippen LogP contribution in [0.25, 0.3) is 0 Å². The average molecular weight is 295 g/mol. The normalized spacial score (nSPS) is 16.3. The van der Waals surface area contributed by atoms with Gasteiger partial charge in [-0.25, -0.2) is 0 Å². The maximum atomic E-state index is 12.9. The van der Waals surface area contributed by atoms with Crippen LogP contribution in [0.3, 0.4) is 0 Å². The SMILES string of the molecule is CC[B]CC(C)(C)OC(=O)C(C)(CC(C)(C)C)C(C)(C)C. The van der Waals surface area contributed by atoms with Gasteiger partial charge in [-0.15, -0.1) is 0 Å². The van der Waals surface area contributed by atoms with E-state index in [1.807, 2.05) is 13.8 Å². The minimum absolute atomic E-state index is 0.0700. The molecule has 0 N–H and O–H groups in total. The summed E-state index contributed by atoms with van der Waals surface area (Å²) in [6.45, 7) is 21.1. The molecular weight excluding hydrogens is 259 g/mol. The Morgan fingerprint density at radius 2 is 1.43 bits per heavy atom. The topological polar surface area (TPSA) is 26.3 Å². The standard InChI is InChI=1S/C18H36BO2/c1-11-19-13-17(8,9)21-14(20)18(10,16(5,6)7)12-15(2,3)4/h11-13H2,1-10H3. The lowest BCUT2D eigenvalue weighted by atomic mass is 9.61. The van der Waals surface area contributed by atoms with Gasteiger partial charge in [0.2, 0.25) is 0 Å². The molecule has 0 amide bonds. The Hall–Kier alpha value is -0.465. The summed E-state index contributed by atoms with van der Waals surface area (Å²) in [5.41, 5.74) is -0.977. The smallest absolute Gasteiger partial charge is 0.312 e. The van der Waals surface area contributed by atoms with Crippen molar-refractivity contribution in [3.8, 4) is 0 Å². The summed E-state index contributed by atoms with van der Waals surface area (Å²) in [6.07, 6.45) is 2.61. The monoisotopic (exact) mass is 295 g/mol. The summed E-state index contributed by atoms with van der Waals surface area (Å²) in [5.74, 6) is -0.0700. The minimum Gasteiger partial charge on any atom is -0.460 e. The van der Waals surface area contributed by atoms with E-state index in [2.05, 4.69) is 62.7 Å². The maximum Gasteiger partial charge on any atom is 0.312 e. The van der Waals surface area contributed by atoms with Crippen LogP contribution in [0.2, 0.25) is 12.6 Å². The molecule has 0 aliphatic heterocycles. The first-order valence-corrected chi connectivity index (χ1v) is 8.20. The molecule has 0 aliphatic carbocycles. The second-order valence-electron chi connectivity index (χ2n) is 9.37. The zero-order valence-electron chi connectivity index (χ0n) is 16.0. The molecule has 1 radical (unpaired) electrons. The fourth-order valence-electron chi connectivity index (χ4n) is 2.60. The lowest BCUT2D eigenvalue weighted by Crippen LogP contribution is -2.47. The van der Waals surface area contributed by atoms with Gasteiger partial charge in [0.1, 0.15) is 7.28 Å². The third-order valence-electron chi connectivity index (χ3n) is 4.28. The first-order valence-electron chi connectivity index (χ1n) is 8.20. The Balaban J connectivity index is 5.24. The Labute approximate surface area is 133 Å². The molecule has 0 aromatic rings. The van der Waals surface area contributed by atoms with Gasteiger partial charge in [0.05, 0.1) is 11.0 Å². The van der Waals surface area contributed by atoms with Crippen LogP contribution in [0.5, 0.6) is 0 Å². The highest BCUT2D eigenvalue weighted by atomic mass is 16.6. The van der Waals surface area contributed by atoms with E-state index in [0.29, 0.717) is 0 Å². The molecule has 1 atom stereocenters. The van der Waals surface area contributed by atoms with E-state index in [0.717, 1.165) is 19.1 Å². The number of carbonyl (C=O) groups excluding carboxylic acids is 1. The molecule has 123 valence electrons. The zero-order chi connectivity index (χ0) is 17.1. The summed E-state index contributed by atoms with van der Waals surface area (Å²) >= 11 is 0. The van der Waals surface area contributed by atoms with Crippen molar-refractivity contribution in [2.45, 2.75) is 93.9 Å². The largest absolute Gasteiger partial charge is 0.460 e. The van der Waals surface area contributed by atoms with Crippen molar-refractivity contribution >= 4 is 13.2 Å². The zero-order valence-corrected chi connectivity index (χ0v) is 16.0. The van der Waals surface area contributed by atoms with Crippen LogP contribution in [-0.2, 0) is 9.53 Å². The van der Waals surface area contributed by atoms with E-state index in [-0.39, 0.29) is 16.8 Å². The predicted octanol–water partition coefficient (Wildman–Crippen LogP) is 5.36. The first-order chi connectivity index (χ1) is 9.15. The maximum absolute atomic E-state index is 12.9. The van der Waals surface area contributed by atoms with Gasteiger partial charge < -0.3 is 4.74 Å². The van der Waals surface area contributed by atoms with Gasteiger partial charge in [-0.1, -0.05) is 54.8 Å². The average Bonchev–Trinajstić information content (AvgIpc) is 2.21. The van der Waals surface area contributed by atoms with E-state index >= 15 is 0 Å². The molecule has 0 rings (SSSR count). The Morgan fingerprint density at radius 3 is 1.76 bits per heavy atom. The van der Waals surface area contributed by atoms with Gasteiger partial charge >= 0.3 is 5.97 Å². The van der Waals surface area contributed by atoms with E-state index in [4.69, 9.17) is 4.74 Å². The number of carbonyl (C=O) groups is 1. The van der Waals surface area contributed by atoms with Crippen molar-refractivity contribution in [1.82, 2.24) is 0 Å². The van der Waals surface area contributed by atoms with Gasteiger partial charge in [0.25, 0.3) is 0 Å². The second kappa shape index (κ2) is 6.75. The van der Waals surface area contributed by atoms with E-state index in [9.17, 15) is 4.79 Å². The first kappa shape index (κ1) is 20.5. The van der Waals surface area contributed by atoms with Crippen molar-refractivity contribution in [3.63, 3.8) is 0 Å². The molecule has 0 fully saturated rings. The molecule has 1 unspecified atom stereocenters. The van der Waals surface area contributed by atoms with Crippen LogP contribution in [0.15, 0.2) is 0 Å². The molecule has 0 saturated carbocycles. The molecule has 0 aromatic carbocycles. The van der Waals surface area contributed by atoms with E-state index < -0.39 is 11.0 Å². The molecule has 3 heteroatoms. The van der Waals surface area contributed by atoms with Crippen LogP contribution >= 0.6 is 0 Å². The van der Waals surface area contributed by atoms with Gasteiger partial charge in [0, 0.05) is 0 Å². The summed E-state index contributed by atoms with van der Waals surface area (Å²) in [5, 5.41) is 0. The number of hydrogen-bond acceptors (Lipinski definition) is 2. The van der Waals surface area contributed by atoms with Crippen LogP contribution in [0.4, 0.5) is 0 Å². The highest BCUT2D eigenvalue weighted by Crippen LogP contribution is 2.48. The molecule has 0 saturated heterocycles. The summed E-state index contributed by atoms with van der Waals surface area (Å²) in [4.78, 5) is 12.9. The van der Waals surface area contributed by atoms with Gasteiger partial charge in [-0.3, -0.25) is 4.79 Å². The number of ether oxygens (including phenoxy) is 1. The summed E-state index contributed by atoms with van der Waals surface area (Å²) in [7, 11) is 2.17. The Morgan fingerprint density at radius 1 is 0.952 bits per heavy atom. The highest BCUT2D eigenvalue weighted by molar-refractivity contribution is 6.35. The molecule has 0 aromatic heterocycles. The third-order valence-corrected chi connectivity index (χ3v) is 4.28. The molecule has 0 spiro atoms. The van der Waals surface area contributed by atoms with E-state index in [1.165, 1.54) is 0 Å². The van der Waals surface area contributed by atoms with Crippen LogP contribution in [0, 0.1) is 16.2 Å². The number of esters is 1. The fraction of sp³-hybridized carbons (Fsp3) is 0.944. The molecular formula is C18H36BO2. The molecule has 2 nitrogen and oxygen atoms in total. The van der Waals surface area contributed by atoms with Crippen LogP contribution in [0.1, 0.15) is 75.7 Å². The predicted molar refractivity (Wildman–Crippen MR) is 92.8 cm³/mol. The van der Waals surface area contributed by atoms with Crippen molar-refractivity contribution in [1.29, 1.82) is 0 Å². The second-order valence-corrected chi connectivity index (χ2v) is 9.37. The van der Waals surface area contributed by atoms with E-state index in [1.54, 1.807) is 0 Å². The van der Waals surface area contributed by atoms with Crippen molar-refractivity contribution in [2.24, 2.45) is 16.2 Å². The number of rotatable bonds is 6. The Bertz CT molecular complexity index is 347. The van der Waals surface area contributed by atoms with Crippen molar-refractivity contribution in [2.75, 3.05) is 0 Å². The minimum atomic E-state index is -0.491. The quantitative estimate of drug-likeness (QED) is 0.487. The van der Waals surface area contributed by atoms with Crippen molar-refractivity contribution in [3.05, 3.63) is 0 Å². The fourth-order valence-corrected chi connectivity index (χ4v) is 2.60. The summed E-state index contributed by atoms with van der Waals surface area (Å²) in [6, 6.07) is 0. The molecule has 0 heterocycles. The lowest BCUT2D eigenvalue weighted by Gasteiger charge is -2.45. The van der Waals surface area contributed by atoms with Gasteiger partial charge in [-0.2, -0.15) is 0 Å². The van der Waals surface area contributed by atoms with Gasteiger partial charge in [-0.05, 0) is 44.3 Å². The van der Waals surface area contributed by atoms with Crippen molar-refractivity contribution < 1.29 is 9.53 Å². The summed E-state index contributed by atoms with van der Waals surface area (Å²) < 4.78 is 5.91. The Kier molecular flexibility index (Phi) is 6.60. The lowest BCUT2D eigenvalue weighted by molar-refractivity contribution is -0.176. The molecule has 0 aliphatic rings. The van der Waals surface area contributed by atoms with Crippen LogP contribution in [-0.4, -0.2) is 18.8 Å². The van der Waals surface area contributed by atoms with Gasteiger partial charge in [0.15, 0.2) is 0 Å². The van der Waals surface area contributed by atoms with Crippen LogP contribution < -0.4 is 0 Å². The molecule has 21 heavy (non-hydrogen) atoms. The molecule has 0 bridgehead atoms. The highest BCUT2D eigenvalue weighted by Gasteiger charge is 2.48. The number of hydrogen-bond donors (Lipinski definition) is 0. The third kappa shape index (κ3) is 6.44.